The number of nitrogens with one attached hydrogen (secondary N) is 1. The highest BCUT2D eigenvalue weighted by Gasteiger charge is 2.26. The number of aliphatic hydroxyl groups is 1. The van der Waals surface area contributed by atoms with E-state index in [9.17, 15) is 9.90 Å². The molecule has 0 saturated heterocycles. The van der Waals surface area contributed by atoms with Crippen molar-refractivity contribution in [2.45, 2.75) is 19.6 Å². The van der Waals surface area contributed by atoms with Gasteiger partial charge in [-0.2, -0.15) is 0 Å². The van der Waals surface area contributed by atoms with Gasteiger partial charge in [0.15, 0.2) is 5.76 Å². The van der Waals surface area contributed by atoms with Gasteiger partial charge in [0.1, 0.15) is 17.4 Å². The minimum Gasteiger partial charge on any atom is -0.385 e. The first-order chi connectivity index (χ1) is 12.1. The predicted octanol–water partition coefficient (Wildman–Crippen LogP) is 3.37. The molecule has 0 aliphatic heterocycles. The number of carbonyl (C=O) groups excluding carboxylic acids is 1. The number of hydrogen-bond donors (Lipinski definition) is 2. The number of pyridine rings is 1. The fraction of sp³-hybridized carbons (Fsp3) is 0.167. The van der Waals surface area contributed by atoms with Crippen molar-refractivity contribution >= 4 is 17.5 Å². The molecule has 0 radical (unpaired) electrons. The number of benzene rings is 1. The van der Waals surface area contributed by atoms with Crippen LogP contribution in [0.4, 0.5) is 0 Å². The molecule has 2 aromatic heterocycles. The van der Waals surface area contributed by atoms with Crippen molar-refractivity contribution < 1.29 is 14.4 Å². The largest absolute Gasteiger partial charge is 0.385 e. The second kappa shape index (κ2) is 7.46. The van der Waals surface area contributed by atoms with E-state index in [4.69, 9.17) is 16.1 Å². The van der Waals surface area contributed by atoms with E-state index < -0.39 is 12.0 Å². The standard InChI is InChI=1S/C18H16ClN3O3/c1-11(23)17-15(18(24)21-10-14-4-2-3-9-20-14)16(22-25-17)12-5-7-13(19)8-6-12/h2-9,11,23H,10H2,1H3,(H,21,24)/t11-/m0/s1. The van der Waals surface area contributed by atoms with Crippen LogP contribution in [0.5, 0.6) is 0 Å². The van der Waals surface area contributed by atoms with Crippen molar-refractivity contribution in [3.63, 3.8) is 0 Å². The Morgan fingerprint density at radius 2 is 2.04 bits per heavy atom. The molecule has 0 aliphatic carbocycles. The quantitative estimate of drug-likeness (QED) is 0.730. The number of nitrogens with zero attached hydrogens (tertiary/aromatic N) is 2. The lowest BCUT2D eigenvalue weighted by Gasteiger charge is -2.08. The zero-order valence-electron chi connectivity index (χ0n) is 13.4. The van der Waals surface area contributed by atoms with Gasteiger partial charge in [-0.25, -0.2) is 0 Å². The van der Waals surface area contributed by atoms with E-state index in [1.54, 1.807) is 36.5 Å². The maximum absolute atomic E-state index is 12.7. The summed E-state index contributed by atoms with van der Waals surface area (Å²) in [7, 11) is 0. The summed E-state index contributed by atoms with van der Waals surface area (Å²) in [6, 6.07) is 12.3. The summed E-state index contributed by atoms with van der Waals surface area (Å²) in [5.74, 6) is -0.281. The summed E-state index contributed by atoms with van der Waals surface area (Å²) in [4.78, 5) is 16.9. The first-order valence-electron chi connectivity index (χ1n) is 7.68. The number of amides is 1. The summed E-state index contributed by atoms with van der Waals surface area (Å²) in [6.45, 7) is 1.77. The molecule has 2 heterocycles. The van der Waals surface area contributed by atoms with Gasteiger partial charge in [-0.1, -0.05) is 35.0 Å². The van der Waals surface area contributed by atoms with Gasteiger partial charge in [0.2, 0.25) is 0 Å². The summed E-state index contributed by atoms with van der Waals surface area (Å²) in [6.07, 6.45) is 0.686. The fourth-order valence-corrected chi connectivity index (χ4v) is 2.50. The molecule has 0 aliphatic rings. The number of carbonyl (C=O) groups is 1. The van der Waals surface area contributed by atoms with E-state index in [1.165, 1.54) is 6.92 Å². The molecule has 6 nitrogen and oxygen atoms in total. The third-order valence-corrected chi connectivity index (χ3v) is 3.85. The molecule has 128 valence electrons. The number of halogens is 1. The molecule has 0 saturated carbocycles. The molecule has 3 aromatic rings. The topological polar surface area (TPSA) is 88.2 Å². The normalized spacial score (nSPS) is 12.0. The Balaban J connectivity index is 1.91. The number of hydrogen-bond acceptors (Lipinski definition) is 5. The van der Waals surface area contributed by atoms with E-state index in [0.29, 0.717) is 16.3 Å². The van der Waals surface area contributed by atoms with Crippen molar-refractivity contribution in [1.82, 2.24) is 15.5 Å². The van der Waals surface area contributed by atoms with Gasteiger partial charge >= 0.3 is 0 Å². The summed E-state index contributed by atoms with van der Waals surface area (Å²) >= 11 is 5.90. The Morgan fingerprint density at radius 3 is 2.68 bits per heavy atom. The van der Waals surface area contributed by atoms with Gasteiger partial charge in [-0.05, 0) is 31.2 Å². The molecule has 2 N–H and O–H groups in total. The summed E-state index contributed by atoms with van der Waals surface area (Å²) in [5, 5.41) is 17.2. The number of aromatic nitrogens is 2. The van der Waals surface area contributed by atoms with Crippen LogP contribution in [0.25, 0.3) is 11.3 Å². The molecule has 1 amide bonds. The summed E-state index contributed by atoms with van der Waals surface area (Å²) < 4.78 is 5.21. The Morgan fingerprint density at radius 1 is 1.28 bits per heavy atom. The van der Waals surface area contributed by atoms with Gasteiger partial charge < -0.3 is 14.9 Å². The van der Waals surface area contributed by atoms with Crippen LogP contribution in [-0.2, 0) is 6.54 Å². The van der Waals surface area contributed by atoms with Crippen LogP contribution < -0.4 is 5.32 Å². The Labute approximate surface area is 149 Å². The smallest absolute Gasteiger partial charge is 0.257 e. The molecule has 3 rings (SSSR count). The molecule has 1 aromatic carbocycles. The Bertz CT molecular complexity index is 861. The van der Waals surface area contributed by atoms with E-state index in [1.807, 2.05) is 12.1 Å². The molecule has 25 heavy (non-hydrogen) atoms. The van der Waals surface area contributed by atoms with Gasteiger partial charge in [0, 0.05) is 16.8 Å². The average molecular weight is 358 g/mol. The first kappa shape index (κ1) is 17.1. The van der Waals surface area contributed by atoms with E-state index in [-0.39, 0.29) is 17.9 Å². The first-order valence-corrected chi connectivity index (χ1v) is 8.05. The van der Waals surface area contributed by atoms with E-state index >= 15 is 0 Å². The van der Waals surface area contributed by atoms with Crippen LogP contribution in [0.1, 0.15) is 34.8 Å². The van der Waals surface area contributed by atoms with Gasteiger partial charge in [-0.15, -0.1) is 0 Å². The number of rotatable bonds is 5. The third kappa shape index (κ3) is 3.87. The number of aliphatic hydroxyl groups excluding tert-OH is 1. The van der Waals surface area contributed by atoms with Crippen LogP contribution in [-0.4, -0.2) is 21.2 Å². The average Bonchev–Trinajstić information content (AvgIpc) is 3.06. The second-order valence-electron chi connectivity index (χ2n) is 5.46. The van der Waals surface area contributed by atoms with Gasteiger partial charge in [-0.3, -0.25) is 9.78 Å². The van der Waals surface area contributed by atoms with Gasteiger partial charge in [0.05, 0.1) is 12.2 Å². The zero-order chi connectivity index (χ0) is 17.8. The molecular weight excluding hydrogens is 342 g/mol. The van der Waals surface area contributed by atoms with Crippen molar-refractivity contribution in [3.05, 3.63) is 70.7 Å². The van der Waals surface area contributed by atoms with Gasteiger partial charge in [0.25, 0.3) is 5.91 Å². The van der Waals surface area contributed by atoms with Crippen molar-refractivity contribution in [3.8, 4) is 11.3 Å². The van der Waals surface area contributed by atoms with Crippen LogP contribution >= 0.6 is 11.6 Å². The van der Waals surface area contributed by atoms with Crippen molar-refractivity contribution in [1.29, 1.82) is 0 Å². The fourth-order valence-electron chi connectivity index (χ4n) is 2.37. The van der Waals surface area contributed by atoms with E-state index in [0.717, 1.165) is 5.69 Å². The maximum Gasteiger partial charge on any atom is 0.257 e. The lowest BCUT2D eigenvalue weighted by Crippen LogP contribution is -2.24. The van der Waals surface area contributed by atoms with Crippen molar-refractivity contribution in [2.24, 2.45) is 0 Å². The highest BCUT2D eigenvalue weighted by Crippen LogP contribution is 2.29. The molecule has 7 heteroatoms. The molecule has 0 spiro atoms. The molecular formula is C18H16ClN3O3. The SMILES string of the molecule is C[C@H](O)c1onc(-c2ccc(Cl)cc2)c1C(=O)NCc1ccccn1. The molecule has 1 atom stereocenters. The highest BCUT2D eigenvalue weighted by molar-refractivity contribution is 6.30. The predicted molar refractivity (Wildman–Crippen MR) is 93.0 cm³/mol. The molecule has 0 bridgehead atoms. The van der Waals surface area contributed by atoms with Crippen LogP contribution in [0.3, 0.4) is 0 Å². The highest BCUT2D eigenvalue weighted by atomic mass is 35.5. The Hall–Kier alpha value is -2.70. The van der Waals surface area contributed by atoms with E-state index in [2.05, 4.69) is 15.5 Å². The lowest BCUT2D eigenvalue weighted by atomic mass is 10.0. The molecule has 0 unspecified atom stereocenters. The van der Waals surface area contributed by atoms with Crippen LogP contribution in [0.15, 0.2) is 53.2 Å². The molecule has 0 fully saturated rings. The third-order valence-electron chi connectivity index (χ3n) is 3.60. The minimum absolute atomic E-state index is 0.114. The monoisotopic (exact) mass is 357 g/mol. The van der Waals surface area contributed by atoms with Crippen molar-refractivity contribution in [2.75, 3.05) is 0 Å². The minimum atomic E-state index is -0.968. The van der Waals surface area contributed by atoms with Crippen LogP contribution in [0.2, 0.25) is 5.02 Å². The lowest BCUT2D eigenvalue weighted by molar-refractivity contribution is 0.0937. The zero-order valence-corrected chi connectivity index (χ0v) is 14.2. The second-order valence-corrected chi connectivity index (χ2v) is 5.89. The summed E-state index contributed by atoms with van der Waals surface area (Å²) in [5.41, 5.74) is 1.95. The maximum atomic E-state index is 12.7. The Kier molecular flexibility index (Phi) is 5.11. The van der Waals surface area contributed by atoms with Crippen LogP contribution in [0, 0.1) is 0 Å².